The van der Waals surface area contributed by atoms with E-state index in [9.17, 15) is 4.79 Å². The van der Waals surface area contributed by atoms with Gasteiger partial charge in [0.25, 0.3) is 0 Å². The minimum atomic E-state index is 0.372. The molecule has 3 nitrogen and oxygen atoms in total. The second-order valence-electron chi connectivity index (χ2n) is 4.87. The Morgan fingerprint density at radius 3 is 2.56 bits per heavy atom. The van der Waals surface area contributed by atoms with Gasteiger partial charge in [-0.2, -0.15) is 5.10 Å². The van der Waals surface area contributed by atoms with Crippen LogP contribution in [0.2, 0.25) is 0 Å². The molecule has 0 atom stereocenters. The molecule has 1 fully saturated rings. The van der Waals surface area contributed by atoms with Crippen molar-refractivity contribution in [1.82, 2.24) is 9.78 Å². The van der Waals surface area contributed by atoms with E-state index in [1.54, 1.807) is 0 Å². The van der Waals surface area contributed by atoms with Crippen molar-refractivity contribution in [3.63, 3.8) is 0 Å². The molecule has 0 aliphatic heterocycles. The van der Waals surface area contributed by atoms with Gasteiger partial charge in [0.2, 0.25) is 0 Å². The summed E-state index contributed by atoms with van der Waals surface area (Å²) in [6, 6.07) is 0. The van der Waals surface area contributed by atoms with Gasteiger partial charge in [-0.1, -0.05) is 6.42 Å². The summed E-state index contributed by atoms with van der Waals surface area (Å²) in [5.74, 6) is 0.825. The van der Waals surface area contributed by atoms with Crippen LogP contribution in [0, 0.1) is 19.8 Å². The standard InChI is InChI=1S/C13H20N2O/c1-9-12(10(2)15(3)14-9)7-8-13(16)11-5-4-6-11/h11H,4-8H2,1-3H3. The highest BCUT2D eigenvalue weighted by atomic mass is 16.1. The summed E-state index contributed by atoms with van der Waals surface area (Å²) in [4.78, 5) is 11.8. The van der Waals surface area contributed by atoms with Crippen molar-refractivity contribution in [3.05, 3.63) is 17.0 Å². The van der Waals surface area contributed by atoms with E-state index in [0.717, 1.165) is 25.0 Å². The van der Waals surface area contributed by atoms with E-state index < -0.39 is 0 Å². The van der Waals surface area contributed by atoms with Crippen molar-refractivity contribution < 1.29 is 4.79 Å². The Kier molecular flexibility index (Phi) is 3.13. The summed E-state index contributed by atoms with van der Waals surface area (Å²) < 4.78 is 1.90. The molecule has 1 aliphatic carbocycles. The van der Waals surface area contributed by atoms with E-state index in [1.807, 2.05) is 18.7 Å². The fourth-order valence-electron chi connectivity index (χ4n) is 2.36. The summed E-state index contributed by atoms with van der Waals surface area (Å²) in [6.07, 6.45) is 5.02. The molecule has 16 heavy (non-hydrogen) atoms. The van der Waals surface area contributed by atoms with Crippen molar-refractivity contribution in [2.75, 3.05) is 0 Å². The van der Waals surface area contributed by atoms with Gasteiger partial charge in [0.1, 0.15) is 5.78 Å². The molecule has 1 heterocycles. The van der Waals surface area contributed by atoms with Crippen molar-refractivity contribution in [3.8, 4) is 0 Å². The van der Waals surface area contributed by atoms with Crippen LogP contribution in [-0.4, -0.2) is 15.6 Å². The first-order valence-electron chi connectivity index (χ1n) is 6.11. The first-order valence-corrected chi connectivity index (χ1v) is 6.11. The third kappa shape index (κ3) is 2.04. The highest BCUT2D eigenvalue weighted by molar-refractivity contribution is 5.81. The number of carbonyl (C=O) groups is 1. The molecule has 1 aromatic heterocycles. The predicted octanol–water partition coefficient (Wildman–Crippen LogP) is 2.34. The highest BCUT2D eigenvalue weighted by Gasteiger charge is 2.25. The van der Waals surface area contributed by atoms with Crippen LogP contribution in [0.4, 0.5) is 0 Å². The summed E-state index contributed by atoms with van der Waals surface area (Å²) in [6.45, 7) is 4.10. The smallest absolute Gasteiger partial charge is 0.136 e. The number of nitrogens with zero attached hydrogens (tertiary/aromatic N) is 2. The number of aryl methyl sites for hydroxylation is 2. The van der Waals surface area contributed by atoms with Crippen LogP contribution in [0.15, 0.2) is 0 Å². The van der Waals surface area contributed by atoms with Crippen LogP contribution in [0.1, 0.15) is 42.6 Å². The molecule has 3 heteroatoms. The third-order valence-corrected chi connectivity index (χ3v) is 3.84. The average Bonchev–Trinajstić information content (AvgIpc) is 2.36. The first-order chi connectivity index (χ1) is 7.59. The maximum Gasteiger partial charge on any atom is 0.136 e. The highest BCUT2D eigenvalue weighted by Crippen LogP contribution is 2.28. The van der Waals surface area contributed by atoms with Gasteiger partial charge >= 0.3 is 0 Å². The second-order valence-corrected chi connectivity index (χ2v) is 4.87. The summed E-state index contributed by atoms with van der Waals surface area (Å²) in [7, 11) is 1.96. The summed E-state index contributed by atoms with van der Waals surface area (Å²) in [5.41, 5.74) is 3.52. The van der Waals surface area contributed by atoms with Gasteiger partial charge in [-0.3, -0.25) is 9.48 Å². The van der Waals surface area contributed by atoms with Gasteiger partial charge in [0, 0.05) is 25.1 Å². The Morgan fingerprint density at radius 2 is 2.12 bits per heavy atom. The van der Waals surface area contributed by atoms with Gasteiger partial charge in [-0.15, -0.1) is 0 Å². The lowest BCUT2D eigenvalue weighted by Gasteiger charge is -2.23. The largest absolute Gasteiger partial charge is 0.299 e. The molecule has 0 bridgehead atoms. The van der Waals surface area contributed by atoms with Gasteiger partial charge in [-0.25, -0.2) is 0 Å². The molecule has 1 saturated carbocycles. The topological polar surface area (TPSA) is 34.9 Å². The van der Waals surface area contributed by atoms with Gasteiger partial charge < -0.3 is 0 Å². The van der Waals surface area contributed by atoms with Gasteiger partial charge in [0.05, 0.1) is 5.69 Å². The number of Topliss-reactive ketones (excluding diaryl/α,β-unsaturated/α-hetero) is 1. The molecule has 0 spiro atoms. The Labute approximate surface area is 96.8 Å². The van der Waals surface area contributed by atoms with Crippen molar-refractivity contribution >= 4 is 5.78 Å². The molecular formula is C13H20N2O. The number of carbonyl (C=O) groups excluding carboxylic acids is 1. The first kappa shape index (κ1) is 11.4. The van der Waals surface area contributed by atoms with E-state index in [4.69, 9.17) is 0 Å². The molecule has 1 aromatic rings. The normalized spacial score (nSPS) is 16.2. The van der Waals surface area contributed by atoms with E-state index in [-0.39, 0.29) is 0 Å². The zero-order chi connectivity index (χ0) is 11.7. The zero-order valence-electron chi connectivity index (χ0n) is 10.4. The Morgan fingerprint density at radius 1 is 1.44 bits per heavy atom. The minimum Gasteiger partial charge on any atom is -0.299 e. The molecule has 88 valence electrons. The molecule has 0 amide bonds. The SMILES string of the molecule is Cc1nn(C)c(C)c1CCC(=O)C1CCC1. The van der Waals surface area contributed by atoms with Gasteiger partial charge in [0.15, 0.2) is 0 Å². The van der Waals surface area contributed by atoms with Crippen LogP contribution >= 0.6 is 0 Å². The Balaban J connectivity index is 1.96. The summed E-state index contributed by atoms with van der Waals surface area (Å²) >= 11 is 0. The molecule has 0 unspecified atom stereocenters. The van der Waals surface area contributed by atoms with Gasteiger partial charge in [-0.05, 0) is 38.7 Å². The van der Waals surface area contributed by atoms with Crippen molar-refractivity contribution in [2.45, 2.75) is 46.0 Å². The minimum absolute atomic E-state index is 0.372. The number of hydrogen-bond acceptors (Lipinski definition) is 2. The lowest BCUT2D eigenvalue weighted by Crippen LogP contribution is -2.22. The molecule has 1 aliphatic rings. The average molecular weight is 220 g/mol. The third-order valence-electron chi connectivity index (χ3n) is 3.84. The van der Waals surface area contributed by atoms with Crippen LogP contribution in [0.5, 0.6) is 0 Å². The monoisotopic (exact) mass is 220 g/mol. The lowest BCUT2D eigenvalue weighted by atomic mass is 9.80. The van der Waals surface area contributed by atoms with Crippen LogP contribution in [0.3, 0.4) is 0 Å². The molecule has 0 N–H and O–H groups in total. The van der Waals surface area contributed by atoms with Crippen LogP contribution in [-0.2, 0) is 18.3 Å². The van der Waals surface area contributed by atoms with E-state index >= 15 is 0 Å². The fraction of sp³-hybridized carbons (Fsp3) is 0.692. The van der Waals surface area contributed by atoms with Crippen molar-refractivity contribution in [1.29, 1.82) is 0 Å². The zero-order valence-corrected chi connectivity index (χ0v) is 10.4. The number of aromatic nitrogens is 2. The number of ketones is 1. The maximum absolute atomic E-state index is 11.8. The quantitative estimate of drug-likeness (QED) is 0.780. The van der Waals surface area contributed by atoms with E-state index in [0.29, 0.717) is 18.1 Å². The van der Waals surface area contributed by atoms with Crippen LogP contribution < -0.4 is 0 Å². The fourth-order valence-corrected chi connectivity index (χ4v) is 2.36. The summed E-state index contributed by atoms with van der Waals surface area (Å²) in [5, 5.41) is 4.37. The molecule has 0 saturated heterocycles. The lowest BCUT2D eigenvalue weighted by molar-refractivity contribution is -0.125. The van der Waals surface area contributed by atoms with E-state index in [1.165, 1.54) is 17.7 Å². The molecular weight excluding hydrogens is 200 g/mol. The predicted molar refractivity (Wildman–Crippen MR) is 63.4 cm³/mol. The maximum atomic E-state index is 11.8. The number of hydrogen-bond donors (Lipinski definition) is 0. The number of rotatable bonds is 4. The molecule has 2 rings (SSSR count). The van der Waals surface area contributed by atoms with E-state index in [2.05, 4.69) is 12.0 Å². The second kappa shape index (κ2) is 4.40. The Hall–Kier alpha value is -1.12. The van der Waals surface area contributed by atoms with Crippen molar-refractivity contribution in [2.24, 2.45) is 13.0 Å². The molecule has 0 radical (unpaired) electrons. The van der Waals surface area contributed by atoms with Crippen LogP contribution in [0.25, 0.3) is 0 Å². The Bertz CT molecular complexity index is 402. The molecule has 0 aromatic carbocycles.